The first-order valence-electron chi connectivity index (χ1n) is 8.56. The van der Waals surface area contributed by atoms with Gasteiger partial charge >= 0.3 is 12.4 Å². The average Bonchev–Trinajstić information content (AvgIpc) is 3.26. The number of halogens is 6. The smallest absolute Gasteiger partial charge is 0.339 e. The summed E-state index contributed by atoms with van der Waals surface area (Å²) in [7, 11) is 0. The fourth-order valence-electron chi connectivity index (χ4n) is 3.41. The Morgan fingerprint density at radius 3 is 2.41 bits per heavy atom. The van der Waals surface area contributed by atoms with Gasteiger partial charge in [0.05, 0.1) is 23.7 Å². The summed E-state index contributed by atoms with van der Waals surface area (Å²) in [5.41, 5.74) is 3.17. The van der Waals surface area contributed by atoms with Crippen molar-refractivity contribution >= 4 is 11.6 Å². The summed E-state index contributed by atoms with van der Waals surface area (Å²) >= 11 is 0. The maximum atomic E-state index is 13.5. The van der Waals surface area contributed by atoms with Crippen LogP contribution >= 0.6 is 0 Å². The Kier molecular flexibility index (Phi) is 5.40. The number of hydrogen-bond acceptors (Lipinski definition) is 5. The fraction of sp³-hybridized carbons (Fsp3) is 0.529. The van der Waals surface area contributed by atoms with Crippen molar-refractivity contribution in [2.24, 2.45) is 5.73 Å². The Morgan fingerprint density at radius 2 is 1.90 bits per heavy atom. The highest BCUT2D eigenvalue weighted by molar-refractivity contribution is 5.82. The van der Waals surface area contributed by atoms with E-state index in [4.69, 9.17) is 15.7 Å². The highest BCUT2D eigenvalue weighted by Gasteiger charge is 2.53. The van der Waals surface area contributed by atoms with E-state index in [0.29, 0.717) is 17.4 Å². The van der Waals surface area contributed by atoms with E-state index < -0.39 is 54.0 Å². The molecule has 1 aromatic carbocycles. The van der Waals surface area contributed by atoms with Crippen molar-refractivity contribution in [3.8, 4) is 6.07 Å². The van der Waals surface area contributed by atoms with Gasteiger partial charge in [-0.15, -0.1) is 0 Å². The van der Waals surface area contributed by atoms with Gasteiger partial charge in [-0.2, -0.15) is 31.6 Å². The first-order chi connectivity index (χ1) is 13.4. The normalized spacial score (nSPS) is 25.4. The molecule has 0 unspecified atom stereocenters. The molecule has 0 aromatic heterocycles. The lowest BCUT2D eigenvalue weighted by atomic mass is 10.1. The molecule has 0 aliphatic carbocycles. The zero-order valence-corrected chi connectivity index (χ0v) is 14.8. The van der Waals surface area contributed by atoms with Gasteiger partial charge in [0, 0.05) is 24.8 Å². The zero-order valence-electron chi connectivity index (χ0n) is 14.8. The minimum atomic E-state index is -4.96. The second kappa shape index (κ2) is 7.38. The van der Waals surface area contributed by atoms with E-state index in [2.05, 4.69) is 0 Å². The van der Waals surface area contributed by atoms with Gasteiger partial charge in [0.1, 0.15) is 0 Å². The number of alkyl halides is 6. The van der Waals surface area contributed by atoms with E-state index in [-0.39, 0.29) is 19.1 Å². The van der Waals surface area contributed by atoms with Gasteiger partial charge < -0.3 is 20.3 Å². The SMILES string of the molecule is N#Cc1ccc(N2C[C@@H](C(=O)N3CC[C@@H](N)C3)O[C@@H]2C(F)(F)F)cc1C(F)(F)F. The van der Waals surface area contributed by atoms with Crippen molar-refractivity contribution in [3.63, 3.8) is 0 Å². The summed E-state index contributed by atoms with van der Waals surface area (Å²) in [5.74, 6) is -0.695. The fourth-order valence-corrected chi connectivity index (χ4v) is 3.41. The van der Waals surface area contributed by atoms with Gasteiger partial charge in [0.15, 0.2) is 6.10 Å². The Bertz CT molecular complexity index is 835. The largest absolute Gasteiger partial charge is 0.433 e. The van der Waals surface area contributed by atoms with Crippen LogP contribution in [0.2, 0.25) is 0 Å². The lowest BCUT2D eigenvalue weighted by Crippen LogP contribution is -2.42. The number of amides is 1. The van der Waals surface area contributed by atoms with Crippen molar-refractivity contribution in [1.29, 1.82) is 5.26 Å². The first-order valence-corrected chi connectivity index (χ1v) is 8.56. The molecule has 2 saturated heterocycles. The number of ether oxygens (including phenoxy) is 1. The number of benzene rings is 1. The number of hydrogen-bond donors (Lipinski definition) is 1. The summed E-state index contributed by atoms with van der Waals surface area (Å²) in [6, 6.07) is 3.29. The number of nitriles is 1. The molecule has 2 fully saturated rings. The van der Waals surface area contributed by atoms with E-state index in [1.807, 2.05) is 0 Å². The molecule has 0 bridgehead atoms. The summed E-state index contributed by atoms with van der Waals surface area (Å²) in [6.45, 7) is -0.145. The first kappa shape index (κ1) is 21.2. The summed E-state index contributed by atoms with van der Waals surface area (Å²) < 4.78 is 84.9. The second-order valence-electron chi connectivity index (χ2n) is 6.84. The monoisotopic (exact) mass is 422 g/mol. The molecule has 2 heterocycles. The number of rotatable bonds is 2. The van der Waals surface area contributed by atoms with Gasteiger partial charge in [-0.1, -0.05) is 0 Å². The topological polar surface area (TPSA) is 82.6 Å². The van der Waals surface area contributed by atoms with Crippen LogP contribution in [0.3, 0.4) is 0 Å². The van der Waals surface area contributed by atoms with Gasteiger partial charge in [0.25, 0.3) is 5.91 Å². The van der Waals surface area contributed by atoms with Crippen LogP contribution in [0.1, 0.15) is 17.5 Å². The standard InChI is InChI=1S/C17H16F6N4O2/c18-16(19,20)12-5-11(2-1-9(12)6-24)27-8-13(29-15(27)17(21,22)23)14(28)26-4-3-10(25)7-26/h1-2,5,10,13,15H,3-4,7-8,25H2/t10-,13+,15-/m1/s1. The highest BCUT2D eigenvalue weighted by Crippen LogP contribution is 2.39. The van der Waals surface area contributed by atoms with Gasteiger partial charge in [-0.25, -0.2) is 0 Å². The molecular formula is C17H16F6N4O2. The lowest BCUT2D eigenvalue weighted by Gasteiger charge is -2.27. The number of carbonyl (C=O) groups is 1. The molecule has 0 radical (unpaired) electrons. The van der Waals surface area contributed by atoms with Crippen molar-refractivity contribution in [1.82, 2.24) is 4.90 Å². The number of nitrogens with two attached hydrogens (primary N) is 1. The second-order valence-corrected chi connectivity index (χ2v) is 6.84. The minimum absolute atomic E-state index is 0.171. The Balaban J connectivity index is 1.92. The van der Waals surface area contributed by atoms with E-state index in [0.717, 1.165) is 12.1 Å². The molecule has 6 nitrogen and oxygen atoms in total. The van der Waals surface area contributed by atoms with Crippen molar-refractivity contribution in [2.45, 2.75) is 37.1 Å². The Labute approximate surface area is 161 Å². The molecule has 2 aliphatic heterocycles. The van der Waals surface area contributed by atoms with E-state index in [9.17, 15) is 31.1 Å². The predicted molar refractivity (Wildman–Crippen MR) is 87.4 cm³/mol. The van der Waals surface area contributed by atoms with Crippen LogP contribution in [0.15, 0.2) is 18.2 Å². The molecule has 0 saturated carbocycles. The number of carbonyl (C=O) groups excluding carboxylic acids is 1. The van der Waals surface area contributed by atoms with Gasteiger partial charge in [-0.3, -0.25) is 4.79 Å². The van der Waals surface area contributed by atoms with Crippen LogP contribution in [-0.4, -0.2) is 55.0 Å². The maximum Gasteiger partial charge on any atom is 0.433 e. The third-order valence-electron chi connectivity index (χ3n) is 4.79. The molecule has 158 valence electrons. The molecule has 3 atom stereocenters. The van der Waals surface area contributed by atoms with E-state index >= 15 is 0 Å². The molecule has 0 spiro atoms. The third-order valence-corrected chi connectivity index (χ3v) is 4.79. The molecule has 29 heavy (non-hydrogen) atoms. The number of nitrogens with zero attached hydrogens (tertiary/aromatic N) is 3. The molecule has 2 N–H and O–H groups in total. The number of anilines is 1. The van der Waals surface area contributed by atoms with Crippen molar-refractivity contribution in [2.75, 3.05) is 24.5 Å². The van der Waals surface area contributed by atoms with E-state index in [1.165, 1.54) is 11.0 Å². The van der Waals surface area contributed by atoms with Crippen LogP contribution in [0.4, 0.5) is 32.0 Å². The molecule has 3 rings (SSSR count). The molecular weight excluding hydrogens is 406 g/mol. The lowest BCUT2D eigenvalue weighted by molar-refractivity contribution is -0.214. The van der Waals surface area contributed by atoms with Crippen LogP contribution in [0.5, 0.6) is 0 Å². The molecule has 1 aromatic rings. The summed E-state index contributed by atoms with van der Waals surface area (Å²) in [4.78, 5) is 14.3. The maximum absolute atomic E-state index is 13.5. The average molecular weight is 422 g/mol. The van der Waals surface area contributed by atoms with Gasteiger partial charge in [-0.05, 0) is 24.6 Å². The van der Waals surface area contributed by atoms with Crippen molar-refractivity contribution in [3.05, 3.63) is 29.3 Å². The van der Waals surface area contributed by atoms with E-state index in [1.54, 1.807) is 0 Å². The van der Waals surface area contributed by atoms with Crippen LogP contribution in [0, 0.1) is 11.3 Å². The van der Waals surface area contributed by atoms with Crippen LogP contribution in [-0.2, 0) is 15.7 Å². The zero-order chi connectivity index (χ0) is 21.6. The molecule has 12 heteroatoms. The molecule has 2 aliphatic rings. The van der Waals surface area contributed by atoms with Crippen LogP contribution < -0.4 is 10.6 Å². The number of likely N-dealkylation sites (tertiary alicyclic amines) is 1. The van der Waals surface area contributed by atoms with Crippen molar-refractivity contribution < 1.29 is 35.9 Å². The van der Waals surface area contributed by atoms with Gasteiger partial charge in [0.2, 0.25) is 6.23 Å². The Hall–Kier alpha value is -2.52. The Morgan fingerprint density at radius 1 is 1.21 bits per heavy atom. The third kappa shape index (κ3) is 4.25. The summed E-state index contributed by atoms with van der Waals surface area (Å²) in [6.07, 6.45) is -13.5. The molecule has 1 amide bonds. The quantitative estimate of drug-likeness (QED) is 0.740. The highest BCUT2D eigenvalue weighted by atomic mass is 19.4. The summed E-state index contributed by atoms with van der Waals surface area (Å²) in [5, 5.41) is 8.85. The predicted octanol–water partition coefficient (Wildman–Crippen LogP) is 2.23. The van der Waals surface area contributed by atoms with Crippen LogP contribution in [0.25, 0.3) is 0 Å². The minimum Gasteiger partial charge on any atom is -0.339 e.